The summed E-state index contributed by atoms with van der Waals surface area (Å²) in [6.45, 7) is 1.88. The van der Waals surface area contributed by atoms with Crippen LogP contribution in [0.25, 0.3) is 0 Å². The van der Waals surface area contributed by atoms with Gasteiger partial charge in [0.15, 0.2) is 5.78 Å². The summed E-state index contributed by atoms with van der Waals surface area (Å²) in [6.07, 6.45) is 0. The number of hydrogen-bond acceptors (Lipinski definition) is 9. The lowest BCUT2D eigenvalue weighted by Crippen LogP contribution is -2.13. The van der Waals surface area contributed by atoms with Crippen LogP contribution in [-0.4, -0.2) is 5.78 Å². The molecule has 0 spiro atoms. The third-order valence-corrected chi connectivity index (χ3v) is 15.4. The van der Waals surface area contributed by atoms with Crippen molar-refractivity contribution in [2.24, 2.45) is 13.8 Å². The van der Waals surface area contributed by atoms with Gasteiger partial charge in [-0.2, -0.15) is 4.74 Å². The minimum absolute atomic E-state index is 0.467. The number of hydrogen-bond donors (Lipinski definition) is 0. The molecule has 1 unspecified atom stereocenters. The van der Waals surface area contributed by atoms with Gasteiger partial charge in [-0.1, -0.05) is 114 Å². The number of nitrogens with zero attached hydrogens (tertiary/aromatic N) is 3. The molecule has 252 valence electrons. The highest BCUT2D eigenvalue weighted by Gasteiger charge is 2.48. The van der Waals surface area contributed by atoms with Crippen LogP contribution >= 0.6 is 22.8 Å². The molecule has 0 fully saturated rings. The van der Waals surface area contributed by atoms with Gasteiger partial charge in [-0.15, -0.1) is 4.52 Å². The summed E-state index contributed by atoms with van der Waals surface area (Å²) in [5.74, 6) is 2.18. The van der Waals surface area contributed by atoms with E-state index in [4.69, 9.17) is 40.9 Å². The zero-order valence-corrected chi connectivity index (χ0v) is 29.7. The van der Waals surface area contributed by atoms with Crippen molar-refractivity contribution >= 4 is 22.8 Å². The van der Waals surface area contributed by atoms with Gasteiger partial charge >= 0.3 is 22.8 Å². The van der Waals surface area contributed by atoms with Gasteiger partial charge < -0.3 is 27.1 Å². The van der Waals surface area contributed by atoms with Gasteiger partial charge in [0, 0.05) is 0 Å². The molecular formula is C38H34N3O6P3. The van der Waals surface area contributed by atoms with E-state index in [0.717, 1.165) is 0 Å². The van der Waals surface area contributed by atoms with Crippen LogP contribution in [0.1, 0.15) is 6.92 Å². The van der Waals surface area contributed by atoms with Gasteiger partial charge in [0.2, 0.25) is 0 Å². The quantitative estimate of drug-likeness (QED) is 0.117. The van der Waals surface area contributed by atoms with Crippen LogP contribution < -0.4 is 27.1 Å². The molecule has 1 atom stereocenters. The SMILES string of the molecule is CC1N=P(Oc2ccccc2)(Oc2ccccc2)N=P(Oc2ccccc2)(Oc2ccccc2)N=P1(Oc1ccccc1)Oc1ccccc1. The average Bonchev–Trinajstić information content (AvgIpc) is 3.22. The van der Waals surface area contributed by atoms with E-state index in [0.29, 0.717) is 34.5 Å². The molecule has 0 saturated heterocycles. The lowest BCUT2D eigenvalue weighted by molar-refractivity contribution is 0.452. The molecule has 1 aliphatic heterocycles. The fourth-order valence-electron chi connectivity index (χ4n) is 4.83. The Balaban J connectivity index is 1.56. The van der Waals surface area contributed by atoms with Gasteiger partial charge in [0.25, 0.3) is 0 Å². The molecular weight excluding hydrogens is 687 g/mol. The maximum Gasteiger partial charge on any atom is 0.459 e. The van der Waals surface area contributed by atoms with E-state index in [-0.39, 0.29) is 0 Å². The zero-order valence-electron chi connectivity index (χ0n) is 27.0. The first-order chi connectivity index (χ1) is 24.5. The van der Waals surface area contributed by atoms with Crippen LogP contribution in [0.5, 0.6) is 34.5 Å². The molecule has 12 heteroatoms. The molecule has 6 aromatic rings. The highest BCUT2D eigenvalue weighted by Crippen LogP contribution is 2.75. The highest BCUT2D eigenvalue weighted by molar-refractivity contribution is 7.74. The van der Waals surface area contributed by atoms with E-state index < -0.39 is 28.6 Å². The molecule has 0 N–H and O–H groups in total. The standard InChI is InChI=1S/C38H34N3O6P3/c1-32-39-49(44-35-24-12-4-13-25-35,45-36-26-14-5-15-27-36)41-50(46-37-28-16-6-17-29-37,47-38-30-18-7-19-31-38)40-48(32,42-33-20-8-2-9-21-33)43-34-22-10-3-11-23-34/h2-32H,1H3. The van der Waals surface area contributed by atoms with Crippen molar-refractivity contribution in [2.75, 3.05) is 0 Å². The Labute approximate surface area is 292 Å². The number of para-hydroxylation sites is 6. The Morgan fingerprint density at radius 2 is 0.600 bits per heavy atom. The van der Waals surface area contributed by atoms with E-state index in [1.54, 1.807) is 0 Å². The van der Waals surface area contributed by atoms with Crippen molar-refractivity contribution in [2.45, 2.75) is 12.7 Å². The second-order valence-electron chi connectivity index (χ2n) is 10.9. The summed E-state index contributed by atoms with van der Waals surface area (Å²) in [5.41, 5.74) is 0. The van der Waals surface area contributed by atoms with Gasteiger partial charge in [-0.05, 0) is 79.7 Å². The van der Waals surface area contributed by atoms with Crippen LogP contribution in [0.2, 0.25) is 0 Å². The van der Waals surface area contributed by atoms with E-state index in [1.165, 1.54) is 0 Å². The maximum absolute atomic E-state index is 6.91. The van der Waals surface area contributed by atoms with E-state index in [2.05, 4.69) is 0 Å². The van der Waals surface area contributed by atoms with E-state index >= 15 is 0 Å². The van der Waals surface area contributed by atoms with Crippen molar-refractivity contribution in [1.29, 1.82) is 0 Å². The maximum atomic E-state index is 6.91. The molecule has 0 saturated carbocycles. The molecule has 1 heterocycles. The second-order valence-corrected chi connectivity index (χ2v) is 17.5. The summed E-state index contributed by atoms with van der Waals surface area (Å²) < 4.78 is 57.2. The summed E-state index contributed by atoms with van der Waals surface area (Å²) >= 11 is 0. The monoisotopic (exact) mass is 721 g/mol. The van der Waals surface area contributed by atoms with Crippen molar-refractivity contribution < 1.29 is 27.1 Å². The number of rotatable bonds is 12. The normalized spacial score (nSPS) is 16.9. The molecule has 0 aromatic heterocycles. The van der Waals surface area contributed by atoms with Crippen LogP contribution in [-0.2, 0) is 0 Å². The van der Waals surface area contributed by atoms with Crippen LogP contribution in [0, 0.1) is 0 Å². The highest BCUT2D eigenvalue weighted by atomic mass is 31.3. The van der Waals surface area contributed by atoms with Crippen molar-refractivity contribution in [3.8, 4) is 34.5 Å². The second kappa shape index (κ2) is 15.1. The predicted octanol–water partition coefficient (Wildman–Crippen LogP) is 12.7. The van der Waals surface area contributed by atoms with Crippen LogP contribution in [0.3, 0.4) is 0 Å². The van der Waals surface area contributed by atoms with Crippen LogP contribution in [0.15, 0.2) is 196 Å². The Hall–Kier alpha value is -5.19. The Bertz CT molecular complexity index is 2020. The van der Waals surface area contributed by atoms with Crippen LogP contribution in [0.4, 0.5) is 0 Å². The molecule has 50 heavy (non-hydrogen) atoms. The first-order valence-electron chi connectivity index (χ1n) is 15.9. The topological polar surface area (TPSA) is 92.5 Å². The number of benzene rings is 6. The molecule has 0 radical (unpaired) electrons. The molecule has 1 aliphatic rings. The van der Waals surface area contributed by atoms with Gasteiger partial charge in [-0.3, -0.25) is 0 Å². The predicted molar refractivity (Wildman–Crippen MR) is 200 cm³/mol. The minimum atomic E-state index is -3.95. The van der Waals surface area contributed by atoms with Crippen molar-refractivity contribution in [3.63, 3.8) is 0 Å². The summed E-state index contributed by atoms with van der Waals surface area (Å²) in [7, 11) is -11.4. The molecule has 7 rings (SSSR count). The largest absolute Gasteiger partial charge is 0.459 e. The van der Waals surface area contributed by atoms with Gasteiger partial charge in [-0.25, -0.2) is 0 Å². The van der Waals surface area contributed by atoms with E-state index in [1.807, 2.05) is 189 Å². The van der Waals surface area contributed by atoms with Crippen molar-refractivity contribution in [3.05, 3.63) is 182 Å². The zero-order chi connectivity index (χ0) is 34.1. The summed E-state index contributed by atoms with van der Waals surface area (Å²) in [4.78, 5) is 0. The Morgan fingerprint density at radius 3 is 0.900 bits per heavy atom. The average molecular weight is 722 g/mol. The molecule has 6 aromatic carbocycles. The third kappa shape index (κ3) is 8.15. The van der Waals surface area contributed by atoms with Crippen molar-refractivity contribution in [1.82, 2.24) is 0 Å². The first-order valence-corrected chi connectivity index (χ1v) is 20.6. The summed E-state index contributed by atoms with van der Waals surface area (Å²) in [5, 5.41) is 0. The smallest absolute Gasteiger partial charge is 0.428 e. The molecule has 0 amide bonds. The molecule has 0 bridgehead atoms. The Morgan fingerprint density at radius 1 is 0.340 bits per heavy atom. The van der Waals surface area contributed by atoms with Gasteiger partial charge in [0.1, 0.15) is 34.5 Å². The minimum Gasteiger partial charge on any atom is -0.428 e. The summed E-state index contributed by atoms with van der Waals surface area (Å²) in [6, 6.07) is 55.9. The first kappa shape index (κ1) is 33.3. The molecule has 9 nitrogen and oxygen atoms in total. The van der Waals surface area contributed by atoms with E-state index in [9.17, 15) is 0 Å². The Kier molecular flexibility index (Phi) is 10.1. The molecule has 0 aliphatic carbocycles. The lowest BCUT2D eigenvalue weighted by atomic mass is 10.3. The van der Waals surface area contributed by atoms with Gasteiger partial charge in [0.05, 0.1) is 0 Å². The fraction of sp³-hybridized carbons (Fsp3) is 0.0526. The third-order valence-electron chi connectivity index (χ3n) is 7.08. The fourth-order valence-corrected chi connectivity index (χ4v) is 13.9. The lowest BCUT2D eigenvalue weighted by Gasteiger charge is -2.29.